The second-order valence-electron chi connectivity index (χ2n) is 4.98. The van der Waals surface area contributed by atoms with Gasteiger partial charge in [-0.05, 0) is 26.7 Å². The minimum Gasteiger partial charge on any atom is -0.372 e. The zero-order chi connectivity index (χ0) is 10.8. The molecule has 1 heterocycles. The summed E-state index contributed by atoms with van der Waals surface area (Å²) in [6.07, 6.45) is 5.04. The third-order valence-corrected chi connectivity index (χ3v) is 3.44. The number of hydrogen-bond acceptors (Lipinski definition) is 2. The van der Waals surface area contributed by atoms with E-state index in [9.17, 15) is 4.79 Å². The predicted octanol–water partition coefficient (Wildman–Crippen LogP) is 1.81. The molecule has 86 valence electrons. The fraction of sp³-hybridized carbons (Fsp3) is 0.917. The molecular weight excluding hydrogens is 190 g/mol. The van der Waals surface area contributed by atoms with E-state index in [0.29, 0.717) is 11.8 Å². The monoisotopic (exact) mass is 211 g/mol. The SMILES string of the molecule is CC1CN(C(=O)C2CCCC2)CC(C)O1. The van der Waals surface area contributed by atoms with Gasteiger partial charge in [-0.15, -0.1) is 0 Å². The molecule has 0 N–H and O–H groups in total. The molecule has 0 radical (unpaired) electrons. The Hall–Kier alpha value is -0.570. The summed E-state index contributed by atoms with van der Waals surface area (Å²) in [6, 6.07) is 0. The van der Waals surface area contributed by atoms with Gasteiger partial charge in [-0.3, -0.25) is 4.79 Å². The second kappa shape index (κ2) is 4.52. The predicted molar refractivity (Wildman–Crippen MR) is 58.5 cm³/mol. The van der Waals surface area contributed by atoms with Crippen molar-refractivity contribution in [3.63, 3.8) is 0 Å². The van der Waals surface area contributed by atoms with Crippen molar-refractivity contribution >= 4 is 5.91 Å². The molecule has 0 aromatic carbocycles. The van der Waals surface area contributed by atoms with Crippen LogP contribution in [0.1, 0.15) is 39.5 Å². The van der Waals surface area contributed by atoms with Crippen molar-refractivity contribution in [1.29, 1.82) is 0 Å². The smallest absolute Gasteiger partial charge is 0.225 e. The molecule has 1 aliphatic heterocycles. The average Bonchev–Trinajstić information content (AvgIpc) is 2.67. The van der Waals surface area contributed by atoms with Crippen LogP contribution in [0.15, 0.2) is 0 Å². The van der Waals surface area contributed by atoms with Crippen molar-refractivity contribution in [2.75, 3.05) is 13.1 Å². The second-order valence-corrected chi connectivity index (χ2v) is 4.98. The van der Waals surface area contributed by atoms with E-state index >= 15 is 0 Å². The quantitative estimate of drug-likeness (QED) is 0.662. The molecular formula is C12H21NO2. The lowest BCUT2D eigenvalue weighted by molar-refractivity contribution is -0.147. The number of carbonyl (C=O) groups excluding carboxylic acids is 1. The maximum absolute atomic E-state index is 12.2. The standard InChI is InChI=1S/C12H21NO2/c1-9-7-13(8-10(2)15-9)12(14)11-5-3-4-6-11/h9-11H,3-8H2,1-2H3. The number of ether oxygens (including phenoxy) is 1. The first-order chi connectivity index (χ1) is 7.16. The highest BCUT2D eigenvalue weighted by Gasteiger charge is 2.31. The molecule has 2 fully saturated rings. The molecule has 2 unspecified atom stereocenters. The summed E-state index contributed by atoms with van der Waals surface area (Å²) in [6.45, 7) is 5.65. The van der Waals surface area contributed by atoms with Crippen molar-refractivity contribution in [3.05, 3.63) is 0 Å². The van der Waals surface area contributed by atoms with E-state index in [-0.39, 0.29) is 12.2 Å². The maximum atomic E-state index is 12.2. The van der Waals surface area contributed by atoms with E-state index in [1.165, 1.54) is 12.8 Å². The molecule has 0 bridgehead atoms. The molecule has 3 heteroatoms. The number of amides is 1. The molecule has 1 saturated heterocycles. The van der Waals surface area contributed by atoms with Gasteiger partial charge >= 0.3 is 0 Å². The van der Waals surface area contributed by atoms with Crippen LogP contribution < -0.4 is 0 Å². The zero-order valence-corrected chi connectivity index (χ0v) is 9.74. The van der Waals surface area contributed by atoms with Gasteiger partial charge in [0.1, 0.15) is 0 Å². The molecule has 1 amide bonds. The average molecular weight is 211 g/mol. The largest absolute Gasteiger partial charge is 0.372 e. The van der Waals surface area contributed by atoms with E-state index < -0.39 is 0 Å². The molecule has 2 aliphatic rings. The summed E-state index contributed by atoms with van der Waals surface area (Å²) in [5.41, 5.74) is 0. The molecule has 2 atom stereocenters. The summed E-state index contributed by atoms with van der Waals surface area (Å²) in [5.74, 6) is 0.678. The Bertz CT molecular complexity index is 226. The minimum absolute atomic E-state index is 0.194. The van der Waals surface area contributed by atoms with Crippen LogP contribution in [-0.2, 0) is 9.53 Å². The Morgan fingerprint density at radius 1 is 1.13 bits per heavy atom. The zero-order valence-electron chi connectivity index (χ0n) is 9.74. The van der Waals surface area contributed by atoms with Crippen molar-refractivity contribution in [2.24, 2.45) is 5.92 Å². The van der Waals surface area contributed by atoms with E-state index in [0.717, 1.165) is 25.9 Å². The van der Waals surface area contributed by atoms with Crippen LogP contribution in [0.4, 0.5) is 0 Å². The number of morpholine rings is 1. The number of rotatable bonds is 1. The molecule has 0 aromatic heterocycles. The molecule has 3 nitrogen and oxygen atoms in total. The molecule has 1 saturated carbocycles. The lowest BCUT2D eigenvalue weighted by atomic mass is 10.1. The van der Waals surface area contributed by atoms with Crippen LogP contribution in [0, 0.1) is 5.92 Å². The lowest BCUT2D eigenvalue weighted by Crippen LogP contribution is -2.49. The van der Waals surface area contributed by atoms with Crippen LogP contribution in [0.3, 0.4) is 0 Å². The van der Waals surface area contributed by atoms with Gasteiger partial charge in [-0.2, -0.15) is 0 Å². The van der Waals surface area contributed by atoms with Gasteiger partial charge in [-0.25, -0.2) is 0 Å². The van der Waals surface area contributed by atoms with E-state index in [1.807, 2.05) is 18.7 Å². The van der Waals surface area contributed by atoms with Crippen molar-refractivity contribution in [3.8, 4) is 0 Å². The van der Waals surface area contributed by atoms with Gasteiger partial charge < -0.3 is 9.64 Å². The van der Waals surface area contributed by atoms with Gasteiger partial charge in [0.15, 0.2) is 0 Å². The Labute approximate surface area is 91.8 Å². The van der Waals surface area contributed by atoms with E-state index in [4.69, 9.17) is 4.74 Å². The highest BCUT2D eigenvalue weighted by atomic mass is 16.5. The Balaban J connectivity index is 1.93. The number of carbonyl (C=O) groups is 1. The number of nitrogens with zero attached hydrogens (tertiary/aromatic N) is 1. The van der Waals surface area contributed by atoms with Gasteiger partial charge in [0.25, 0.3) is 0 Å². The lowest BCUT2D eigenvalue weighted by Gasteiger charge is -2.36. The van der Waals surface area contributed by atoms with Crippen LogP contribution in [0.2, 0.25) is 0 Å². The van der Waals surface area contributed by atoms with Crippen molar-refractivity contribution in [1.82, 2.24) is 4.90 Å². The summed E-state index contributed by atoms with van der Waals surface area (Å²) >= 11 is 0. The van der Waals surface area contributed by atoms with Gasteiger partial charge in [0.2, 0.25) is 5.91 Å². The first kappa shape index (κ1) is 10.9. The van der Waals surface area contributed by atoms with Crippen LogP contribution in [0.25, 0.3) is 0 Å². The van der Waals surface area contributed by atoms with E-state index in [1.54, 1.807) is 0 Å². The summed E-state index contributed by atoms with van der Waals surface area (Å²) in [7, 11) is 0. The third kappa shape index (κ3) is 2.51. The minimum atomic E-state index is 0.194. The highest BCUT2D eigenvalue weighted by molar-refractivity contribution is 5.79. The molecule has 1 aliphatic carbocycles. The molecule has 2 rings (SSSR count). The van der Waals surface area contributed by atoms with E-state index in [2.05, 4.69) is 0 Å². The summed E-state index contributed by atoms with van der Waals surface area (Å²) in [5, 5.41) is 0. The first-order valence-corrected chi connectivity index (χ1v) is 6.11. The maximum Gasteiger partial charge on any atom is 0.225 e. The molecule has 0 spiro atoms. The third-order valence-electron chi connectivity index (χ3n) is 3.44. The van der Waals surface area contributed by atoms with Gasteiger partial charge in [0, 0.05) is 19.0 Å². The highest BCUT2D eigenvalue weighted by Crippen LogP contribution is 2.27. The topological polar surface area (TPSA) is 29.5 Å². The van der Waals surface area contributed by atoms with Crippen molar-refractivity contribution < 1.29 is 9.53 Å². The Morgan fingerprint density at radius 2 is 1.67 bits per heavy atom. The van der Waals surface area contributed by atoms with Gasteiger partial charge in [0.05, 0.1) is 12.2 Å². The first-order valence-electron chi connectivity index (χ1n) is 6.11. The normalized spacial score (nSPS) is 33.3. The van der Waals surface area contributed by atoms with Crippen LogP contribution in [-0.4, -0.2) is 36.1 Å². The van der Waals surface area contributed by atoms with Crippen molar-refractivity contribution in [2.45, 2.75) is 51.7 Å². The Morgan fingerprint density at radius 3 is 2.20 bits per heavy atom. The summed E-state index contributed by atoms with van der Waals surface area (Å²) < 4.78 is 5.64. The van der Waals surface area contributed by atoms with Crippen LogP contribution >= 0.6 is 0 Å². The van der Waals surface area contributed by atoms with Crippen LogP contribution in [0.5, 0.6) is 0 Å². The molecule has 15 heavy (non-hydrogen) atoms. The fourth-order valence-electron chi connectivity index (χ4n) is 2.79. The summed E-state index contributed by atoms with van der Waals surface area (Å²) in [4.78, 5) is 14.2. The fourth-order valence-corrected chi connectivity index (χ4v) is 2.79. The van der Waals surface area contributed by atoms with Gasteiger partial charge in [-0.1, -0.05) is 12.8 Å². The molecule has 0 aromatic rings. The number of hydrogen-bond donors (Lipinski definition) is 0. The Kier molecular flexibility index (Phi) is 3.29.